The molecule has 2 rings (SSSR count). The highest BCUT2D eigenvalue weighted by atomic mass is 79.9. The number of piperazine rings is 1. The Bertz CT molecular complexity index is 203. The molecule has 0 aromatic carbocycles. The molecule has 1 aliphatic heterocycles. The van der Waals surface area contributed by atoms with Crippen LogP contribution in [0, 0.1) is 5.41 Å². The maximum absolute atomic E-state index is 3.65. The van der Waals surface area contributed by atoms with E-state index in [9.17, 15) is 0 Å². The Kier molecular flexibility index (Phi) is 3.20. The largest absolute Gasteiger partial charge is 0.304 e. The zero-order chi connectivity index (χ0) is 10.2. The van der Waals surface area contributed by atoms with Crippen LogP contribution >= 0.6 is 15.9 Å². The monoisotopic (exact) mass is 260 g/mol. The number of halogens is 1. The second kappa shape index (κ2) is 4.11. The highest BCUT2D eigenvalue weighted by Gasteiger charge is 2.43. The van der Waals surface area contributed by atoms with Gasteiger partial charge in [0.1, 0.15) is 0 Å². The number of hydrogen-bond acceptors (Lipinski definition) is 2. The van der Waals surface area contributed by atoms with Crippen molar-refractivity contribution in [3.05, 3.63) is 0 Å². The molecule has 3 heteroatoms. The highest BCUT2D eigenvalue weighted by Crippen LogP contribution is 2.47. The quantitative estimate of drug-likeness (QED) is 0.715. The van der Waals surface area contributed by atoms with Crippen molar-refractivity contribution >= 4 is 15.9 Å². The van der Waals surface area contributed by atoms with Gasteiger partial charge < -0.3 is 4.90 Å². The first-order valence-corrected chi connectivity index (χ1v) is 6.76. The summed E-state index contributed by atoms with van der Waals surface area (Å²) < 4.78 is 0. The van der Waals surface area contributed by atoms with Crippen LogP contribution in [0.2, 0.25) is 0 Å². The summed E-state index contributed by atoms with van der Waals surface area (Å²) in [5.74, 6) is 0. The summed E-state index contributed by atoms with van der Waals surface area (Å²) in [6.45, 7) is 7.40. The van der Waals surface area contributed by atoms with E-state index in [1.807, 2.05) is 0 Å². The van der Waals surface area contributed by atoms with Gasteiger partial charge in [-0.25, -0.2) is 0 Å². The molecule has 82 valence electrons. The molecule has 0 radical (unpaired) electrons. The SMILES string of the molecule is CC1CN(C)CCN1CC1(CBr)CC1. The van der Waals surface area contributed by atoms with E-state index in [-0.39, 0.29) is 0 Å². The van der Waals surface area contributed by atoms with E-state index in [1.165, 1.54) is 44.4 Å². The molecule has 0 spiro atoms. The maximum atomic E-state index is 3.65. The summed E-state index contributed by atoms with van der Waals surface area (Å²) in [7, 11) is 2.23. The van der Waals surface area contributed by atoms with E-state index >= 15 is 0 Å². The minimum Gasteiger partial charge on any atom is -0.304 e. The second-order valence-electron chi connectivity index (χ2n) is 5.22. The number of rotatable bonds is 3. The van der Waals surface area contributed by atoms with E-state index in [0.29, 0.717) is 5.41 Å². The second-order valence-corrected chi connectivity index (χ2v) is 5.78. The molecule has 0 aromatic rings. The Morgan fingerprint density at radius 3 is 2.57 bits per heavy atom. The van der Waals surface area contributed by atoms with Crippen LogP contribution in [-0.2, 0) is 0 Å². The summed E-state index contributed by atoms with van der Waals surface area (Å²) in [5.41, 5.74) is 0.643. The van der Waals surface area contributed by atoms with Gasteiger partial charge in [0.15, 0.2) is 0 Å². The van der Waals surface area contributed by atoms with Crippen molar-refractivity contribution in [1.29, 1.82) is 0 Å². The number of nitrogens with zero attached hydrogens (tertiary/aromatic N) is 2. The third-order valence-corrected chi connectivity index (χ3v) is 4.94. The van der Waals surface area contributed by atoms with Crippen LogP contribution in [0.5, 0.6) is 0 Å². The lowest BCUT2D eigenvalue weighted by molar-refractivity contribution is 0.0842. The first-order chi connectivity index (χ1) is 6.65. The zero-order valence-electron chi connectivity index (χ0n) is 9.30. The van der Waals surface area contributed by atoms with Crippen LogP contribution in [0.25, 0.3) is 0 Å². The summed E-state index contributed by atoms with van der Waals surface area (Å²) in [6, 6.07) is 0.741. The fourth-order valence-electron chi connectivity index (χ4n) is 2.35. The van der Waals surface area contributed by atoms with Crippen LogP contribution in [0.15, 0.2) is 0 Å². The first-order valence-electron chi connectivity index (χ1n) is 5.64. The molecule has 0 bridgehead atoms. The molecule has 2 aliphatic rings. The lowest BCUT2D eigenvalue weighted by Crippen LogP contribution is -2.52. The Hall–Kier alpha value is 0.400. The molecular weight excluding hydrogens is 240 g/mol. The third-order valence-electron chi connectivity index (χ3n) is 3.75. The van der Waals surface area contributed by atoms with Gasteiger partial charge in [-0.05, 0) is 32.2 Å². The summed E-state index contributed by atoms with van der Waals surface area (Å²) in [5, 5.41) is 1.19. The molecule has 0 N–H and O–H groups in total. The number of alkyl halides is 1. The van der Waals surface area contributed by atoms with E-state index < -0.39 is 0 Å². The standard InChI is InChI=1S/C11H21BrN2/c1-10-7-13(2)5-6-14(10)9-11(8-12)3-4-11/h10H,3-9H2,1-2H3. The lowest BCUT2D eigenvalue weighted by Gasteiger charge is -2.39. The van der Waals surface area contributed by atoms with Gasteiger partial charge in [-0.15, -0.1) is 0 Å². The van der Waals surface area contributed by atoms with Crippen molar-refractivity contribution in [2.24, 2.45) is 5.41 Å². The Morgan fingerprint density at radius 1 is 1.36 bits per heavy atom. The van der Waals surface area contributed by atoms with Gasteiger partial charge in [0, 0.05) is 37.6 Å². The fraction of sp³-hybridized carbons (Fsp3) is 1.00. The van der Waals surface area contributed by atoms with Crippen LogP contribution in [0.1, 0.15) is 19.8 Å². The van der Waals surface area contributed by atoms with Crippen molar-refractivity contribution in [1.82, 2.24) is 9.80 Å². The summed E-state index contributed by atoms with van der Waals surface area (Å²) >= 11 is 3.65. The van der Waals surface area contributed by atoms with Crippen molar-refractivity contribution in [3.63, 3.8) is 0 Å². The van der Waals surface area contributed by atoms with Crippen LogP contribution in [0.3, 0.4) is 0 Å². The molecule has 1 saturated carbocycles. The smallest absolute Gasteiger partial charge is 0.0195 e. The topological polar surface area (TPSA) is 6.48 Å². The summed E-state index contributed by atoms with van der Waals surface area (Å²) in [4.78, 5) is 5.11. The lowest BCUT2D eigenvalue weighted by atomic mass is 10.1. The average molecular weight is 261 g/mol. The van der Waals surface area contributed by atoms with Crippen LogP contribution in [0.4, 0.5) is 0 Å². The minimum atomic E-state index is 0.643. The van der Waals surface area contributed by atoms with Gasteiger partial charge in [0.25, 0.3) is 0 Å². The number of hydrogen-bond donors (Lipinski definition) is 0. The molecule has 1 unspecified atom stereocenters. The Balaban J connectivity index is 1.86. The third kappa shape index (κ3) is 2.31. The number of likely N-dealkylation sites (N-methyl/N-ethyl adjacent to an activating group) is 1. The van der Waals surface area contributed by atoms with E-state index in [0.717, 1.165) is 6.04 Å². The van der Waals surface area contributed by atoms with Gasteiger partial charge >= 0.3 is 0 Å². The fourth-order valence-corrected chi connectivity index (χ4v) is 3.09. The predicted octanol–water partition coefficient (Wildman–Crippen LogP) is 1.80. The summed E-state index contributed by atoms with van der Waals surface area (Å²) in [6.07, 6.45) is 2.86. The minimum absolute atomic E-state index is 0.643. The predicted molar refractivity (Wildman–Crippen MR) is 64.0 cm³/mol. The van der Waals surface area contributed by atoms with Crippen LogP contribution in [-0.4, -0.2) is 54.4 Å². The van der Waals surface area contributed by atoms with Gasteiger partial charge in [-0.3, -0.25) is 4.90 Å². The average Bonchev–Trinajstić information content (AvgIpc) is 2.91. The van der Waals surface area contributed by atoms with E-state index in [2.05, 4.69) is 39.7 Å². The van der Waals surface area contributed by atoms with Gasteiger partial charge in [0.2, 0.25) is 0 Å². The van der Waals surface area contributed by atoms with E-state index in [1.54, 1.807) is 0 Å². The van der Waals surface area contributed by atoms with Crippen molar-refractivity contribution in [3.8, 4) is 0 Å². The maximum Gasteiger partial charge on any atom is 0.0195 e. The molecule has 0 amide bonds. The van der Waals surface area contributed by atoms with Crippen molar-refractivity contribution in [2.75, 3.05) is 38.6 Å². The molecular formula is C11H21BrN2. The Morgan fingerprint density at radius 2 is 2.07 bits per heavy atom. The van der Waals surface area contributed by atoms with Crippen molar-refractivity contribution in [2.45, 2.75) is 25.8 Å². The zero-order valence-corrected chi connectivity index (χ0v) is 10.9. The normalized spacial score (nSPS) is 33.2. The van der Waals surface area contributed by atoms with E-state index in [4.69, 9.17) is 0 Å². The molecule has 0 aromatic heterocycles. The molecule has 1 atom stereocenters. The van der Waals surface area contributed by atoms with Crippen molar-refractivity contribution < 1.29 is 0 Å². The van der Waals surface area contributed by atoms with Gasteiger partial charge in [-0.2, -0.15) is 0 Å². The molecule has 2 fully saturated rings. The van der Waals surface area contributed by atoms with Gasteiger partial charge in [0.05, 0.1) is 0 Å². The molecule has 2 nitrogen and oxygen atoms in total. The molecule has 1 aliphatic carbocycles. The first kappa shape index (κ1) is 10.9. The molecule has 1 saturated heterocycles. The Labute approximate surface area is 95.8 Å². The molecule has 14 heavy (non-hydrogen) atoms. The van der Waals surface area contributed by atoms with Crippen LogP contribution < -0.4 is 0 Å². The highest BCUT2D eigenvalue weighted by molar-refractivity contribution is 9.09. The molecule has 1 heterocycles. The van der Waals surface area contributed by atoms with Gasteiger partial charge in [-0.1, -0.05) is 15.9 Å².